The number of hydrogen-bond acceptors (Lipinski definition) is 4. The molecule has 2 aromatic rings. The number of carbonyl (C=O) groups is 1. The van der Waals surface area contributed by atoms with E-state index in [9.17, 15) is 19.3 Å². The highest BCUT2D eigenvalue weighted by molar-refractivity contribution is 9.10. The van der Waals surface area contributed by atoms with Crippen molar-refractivity contribution in [3.8, 4) is 0 Å². The second-order valence-corrected chi connectivity index (χ2v) is 4.67. The van der Waals surface area contributed by atoms with E-state index in [-0.39, 0.29) is 21.5 Å². The van der Waals surface area contributed by atoms with Gasteiger partial charge in [-0.25, -0.2) is 9.07 Å². The van der Waals surface area contributed by atoms with Crippen LogP contribution in [-0.4, -0.2) is 20.6 Å². The van der Waals surface area contributed by atoms with Crippen molar-refractivity contribution < 1.29 is 14.1 Å². The van der Waals surface area contributed by atoms with Crippen molar-refractivity contribution in [1.82, 2.24) is 9.78 Å². The van der Waals surface area contributed by atoms with Crippen molar-refractivity contribution in [2.75, 3.05) is 5.32 Å². The Morgan fingerprint density at radius 2 is 2.25 bits per heavy atom. The lowest BCUT2D eigenvalue weighted by molar-refractivity contribution is -0.384. The van der Waals surface area contributed by atoms with E-state index in [0.29, 0.717) is 0 Å². The topological polar surface area (TPSA) is 90.1 Å². The first-order chi connectivity index (χ1) is 9.41. The molecule has 9 heteroatoms. The summed E-state index contributed by atoms with van der Waals surface area (Å²) in [6, 6.07) is 4.20. The number of anilines is 1. The van der Waals surface area contributed by atoms with Gasteiger partial charge in [0.05, 0.1) is 15.0 Å². The first-order valence-electron chi connectivity index (χ1n) is 5.33. The van der Waals surface area contributed by atoms with Crippen molar-refractivity contribution in [2.24, 2.45) is 7.05 Å². The summed E-state index contributed by atoms with van der Waals surface area (Å²) in [5, 5.41) is 16.8. The number of halogens is 2. The molecule has 0 atom stereocenters. The summed E-state index contributed by atoms with van der Waals surface area (Å²) < 4.78 is 15.0. The van der Waals surface area contributed by atoms with Gasteiger partial charge in [-0.1, -0.05) is 6.07 Å². The summed E-state index contributed by atoms with van der Waals surface area (Å²) >= 11 is 2.96. The lowest BCUT2D eigenvalue weighted by Gasteiger charge is -2.06. The fourth-order valence-corrected chi connectivity index (χ4v) is 1.92. The molecule has 0 bridgehead atoms. The summed E-state index contributed by atoms with van der Waals surface area (Å²) in [5.41, 5.74) is -0.592. The number of nitro groups is 1. The zero-order chi connectivity index (χ0) is 14.9. The van der Waals surface area contributed by atoms with Gasteiger partial charge in [-0.05, 0) is 28.1 Å². The van der Waals surface area contributed by atoms with Gasteiger partial charge >= 0.3 is 5.69 Å². The summed E-state index contributed by atoms with van der Waals surface area (Å²) in [6.07, 6.45) is 1.01. The molecule has 20 heavy (non-hydrogen) atoms. The molecule has 7 nitrogen and oxygen atoms in total. The largest absolute Gasteiger partial charge is 0.331 e. The van der Waals surface area contributed by atoms with Crippen molar-refractivity contribution >= 4 is 33.3 Å². The van der Waals surface area contributed by atoms with Gasteiger partial charge in [-0.3, -0.25) is 14.9 Å². The fourth-order valence-electron chi connectivity index (χ4n) is 1.56. The number of aromatic nitrogens is 2. The van der Waals surface area contributed by atoms with E-state index in [2.05, 4.69) is 26.3 Å². The SMILES string of the molecule is Cn1ncc([N+](=O)[O-])c1NC(=O)c1cccc(Br)c1F. The second-order valence-electron chi connectivity index (χ2n) is 3.81. The van der Waals surface area contributed by atoms with E-state index < -0.39 is 16.6 Å². The van der Waals surface area contributed by atoms with E-state index >= 15 is 0 Å². The van der Waals surface area contributed by atoms with Gasteiger partial charge in [0, 0.05) is 7.05 Å². The zero-order valence-electron chi connectivity index (χ0n) is 10.1. The zero-order valence-corrected chi connectivity index (χ0v) is 11.7. The number of aryl methyl sites for hydroxylation is 1. The molecule has 0 saturated heterocycles. The molecule has 0 fully saturated rings. The Morgan fingerprint density at radius 1 is 1.55 bits per heavy atom. The number of nitrogens with zero attached hydrogens (tertiary/aromatic N) is 3. The molecule has 104 valence electrons. The molecule has 0 saturated carbocycles. The van der Waals surface area contributed by atoms with Crippen molar-refractivity contribution in [1.29, 1.82) is 0 Å². The highest BCUT2D eigenvalue weighted by atomic mass is 79.9. The maximum Gasteiger partial charge on any atom is 0.331 e. The van der Waals surface area contributed by atoms with Gasteiger partial charge in [0.15, 0.2) is 0 Å². The van der Waals surface area contributed by atoms with Crippen molar-refractivity contribution in [3.05, 3.63) is 50.4 Å². The third kappa shape index (κ3) is 2.52. The van der Waals surface area contributed by atoms with Crippen LogP contribution < -0.4 is 5.32 Å². The van der Waals surface area contributed by atoms with Crippen LogP contribution in [0.2, 0.25) is 0 Å². The number of benzene rings is 1. The molecule has 1 amide bonds. The predicted molar refractivity (Wildman–Crippen MR) is 71.9 cm³/mol. The maximum atomic E-state index is 13.8. The van der Waals surface area contributed by atoms with Gasteiger partial charge in [-0.2, -0.15) is 5.10 Å². The Morgan fingerprint density at radius 3 is 2.90 bits per heavy atom. The summed E-state index contributed by atoms with van der Waals surface area (Å²) in [5.74, 6) is -1.65. The molecule has 2 rings (SSSR count). The van der Waals surface area contributed by atoms with Crippen molar-refractivity contribution in [3.63, 3.8) is 0 Å². The van der Waals surface area contributed by atoms with E-state index in [1.807, 2.05) is 0 Å². The van der Waals surface area contributed by atoms with E-state index in [1.54, 1.807) is 0 Å². The molecule has 1 heterocycles. The Bertz CT molecular complexity index is 701. The van der Waals surface area contributed by atoms with Gasteiger partial charge in [0.1, 0.15) is 12.0 Å². The van der Waals surface area contributed by atoms with Gasteiger partial charge in [0.25, 0.3) is 5.91 Å². The smallest absolute Gasteiger partial charge is 0.301 e. The molecule has 0 aliphatic heterocycles. The molecule has 0 aliphatic rings. The Kier molecular flexibility index (Phi) is 3.79. The molecule has 0 unspecified atom stereocenters. The Balaban J connectivity index is 2.35. The first kappa shape index (κ1) is 14.1. The third-order valence-corrected chi connectivity index (χ3v) is 3.16. The average molecular weight is 343 g/mol. The van der Waals surface area contributed by atoms with Crippen LogP contribution in [0.5, 0.6) is 0 Å². The number of rotatable bonds is 3. The monoisotopic (exact) mass is 342 g/mol. The standard InChI is InChI=1S/C11H8BrFN4O3/c1-16-10(8(5-14-16)17(19)20)15-11(18)6-3-2-4-7(12)9(6)13/h2-5H,1H3,(H,15,18). The molecule has 1 aromatic carbocycles. The van der Waals surface area contributed by atoms with E-state index in [0.717, 1.165) is 10.9 Å². The number of nitrogens with one attached hydrogen (secondary N) is 1. The van der Waals surface area contributed by atoms with Gasteiger partial charge < -0.3 is 5.32 Å². The molecular formula is C11H8BrFN4O3. The summed E-state index contributed by atoms with van der Waals surface area (Å²) in [4.78, 5) is 22.1. The van der Waals surface area contributed by atoms with E-state index in [4.69, 9.17) is 0 Å². The second kappa shape index (κ2) is 5.37. The minimum atomic E-state index is -0.796. The highest BCUT2D eigenvalue weighted by Gasteiger charge is 2.23. The molecule has 0 spiro atoms. The molecule has 1 N–H and O–H groups in total. The van der Waals surface area contributed by atoms with Crippen LogP contribution in [-0.2, 0) is 7.05 Å². The van der Waals surface area contributed by atoms with Gasteiger partial charge in [-0.15, -0.1) is 0 Å². The lowest BCUT2D eigenvalue weighted by atomic mass is 10.2. The van der Waals surface area contributed by atoms with Gasteiger partial charge in [0.2, 0.25) is 5.82 Å². The quantitative estimate of drug-likeness (QED) is 0.685. The molecular weight excluding hydrogens is 335 g/mol. The van der Waals surface area contributed by atoms with Crippen LogP contribution in [0.3, 0.4) is 0 Å². The fraction of sp³-hybridized carbons (Fsp3) is 0.0909. The summed E-state index contributed by atoms with van der Waals surface area (Å²) in [6.45, 7) is 0. The minimum absolute atomic E-state index is 0.112. The normalized spacial score (nSPS) is 10.3. The van der Waals surface area contributed by atoms with Crippen LogP contribution in [0, 0.1) is 15.9 Å². The minimum Gasteiger partial charge on any atom is -0.301 e. The molecule has 0 aliphatic carbocycles. The summed E-state index contributed by atoms with van der Waals surface area (Å²) in [7, 11) is 1.43. The van der Waals surface area contributed by atoms with E-state index in [1.165, 1.54) is 25.2 Å². The first-order valence-corrected chi connectivity index (χ1v) is 6.13. The highest BCUT2D eigenvalue weighted by Crippen LogP contribution is 2.24. The number of carbonyl (C=O) groups excluding carboxylic acids is 1. The predicted octanol–water partition coefficient (Wildman–Crippen LogP) is 2.48. The van der Waals surface area contributed by atoms with Crippen LogP contribution in [0.1, 0.15) is 10.4 Å². The van der Waals surface area contributed by atoms with Crippen LogP contribution in [0.25, 0.3) is 0 Å². The molecule has 0 radical (unpaired) electrons. The Hall–Kier alpha value is -2.29. The maximum absolute atomic E-state index is 13.8. The Labute approximate surface area is 120 Å². The average Bonchev–Trinajstić information content (AvgIpc) is 2.74. The lowest BCUT2D eigenvalue weighted by Crippen LogP contribution is -2.17. The van der Waals surface area contributed by atoms with Crippen LogP contribution in [0.4, 0.5) is 15.9 Å². The van der Waals surface area contributed by atoms with Crippen LogP contribution >= 0.6 is 15.9 Å². The molecule has 1 aromatic heterocycles. The number of hydrogen-bond donors (Lipinski definition) is 1. The van der Waals surface area contributed by atoms with Crippen molar-refractivity contribution in [2.45, 2.75) is 0 Å². The van der Waals surface area contributed by atoms with Crippen LogP contribution in [0.15, 0.2) is 28.9 Å². The third-order valence-electron chi connectivity index (χ3n) is 2.54. The number of amides is 1.